The molecule has 0 spiro atoms. The second kappa shape index (κ2) is 12.8. The van der Waals surface area contributed by atoms with Crippen LogP contribution >= 0.6 is 0 Å². The van der Waals surface area contributed by atoms with Crippen LogP contribution in [0, 0.1) is 0 Å². The standard InChI is InChI=1S/C31H32F4N2O2/c1-4-21(18-36)5-11-25(31(33,34)35)20-38-26-12-7-23(8-13-26)24-9-14-27(15-10-24)39-29-17-22(19-37)6-16-28(29)30(2,3)32/h4-17H,1,18-20,36-37H2,2-3H3/b21-5+,25-11+. The summed E-state index contributed by atoms with van der Waals surface area (Å²) in [6.45, 7) is 6.19. The first kappa shape index (κ1) is 29.7. The lowest BCUT2D eigenvalue weighted by atomic mass is 9.97. The zero-order valence-electron chi connectivity index (χ0n) is 21.9. The minimum absolute atomic E-state index is 0.0822. The minimum atomic E-state index is -4.55. The molecule has 0 heterocycles. The van der Waals surface area contributed by atoms with E-state index in [1.165, 1.54) is 26.0 Å². The molecule has 0 saturated heterocycles. The second-order valence-corrected chi connectivity index (χ2v) is 9.29. The molecule has 3 aromatic carbocycles. The summed E-state index contributed by atoms with van der Waals surface area (Å²) >= 11 is 0. The van der Waals surface area contributed by atoms with Gasteiger partial charge in [0.2, 0.25) is 0 Å². The molecule has 0 aromatic heterocycles. The highest BCUT2D eigenvalue weighted by Crippen LogP contribution is 2.37. The van der Waals surface area contributed by atoms with Crippen molar-refractivity contribution in [3.63, 3.8) is 0 Å². The summed E-state index contributed by atoms with van der Waals surface area (Å²) in [7, 11) is 0. The van der Waals surface area contributed by atoms with Crippen molar-refractivity contribution < 1.29 is 27.0 Å². The van der Waals surface area contributed by atoms with Gasteiger partial charge in [-0.2, -0.15) is 13.2 Å². The van der Waals surface area contributed by atoms with Crippen molar-refractivity contribution in [1.82, 2.24) is 0 Å². The maximum atomic E-state index is 14.7. The predicted octanol–water partition coefficient (Wildman–Crippen LogP) is 7.75. The van der Waals surface area contributed by atoms with Crippen LogP contribution in [-0.4, -0.2) is 19.3 Å². The van der Waals surface area contributed by atoms with Gasteiger partial charge in [-0.1, -0.05) is 61.2 Å². The van der Waals surface area contributed by atoms with Crippen LogP contribution in [0.3, 0.4) is 0 Å². The Hall–Kier alpha value is -3.88. The molecule has 0 fully saturated rings. The van der Waals surface area contributed by atoms with Crippen LogP contribution in [0.25, 0.3) is 11.1 Å². The molecule has 0 aliphatic carbocycles. The van der Waals surface area contributed by atoms with Crippen LogP contribution < -0.4 is 20.9 Å². The molecule has 206 valence electrons. The summed E-state index contributed by atoms with van der Waals surface area (Å²) in [6, 6.07) is 19.1. The van der Waals surface area contributed by atoms with Crippen molar-refractivity contribution >= 4 is 0 Å². The average Bonchev–Trinajstić information content (AvgIpc) is 2.90. The van der Waals surface area contributed by atoms with Crippen molar-refractivity contribution in [3.8, 4) is 28.4 Å². The first-order chi connectivity index (χ1) is 18.4. The van der Waals surface area contributed by atoms with Crippen LogP contribution in [0.1, 0.15) is 25.0 Å². The third kappa shape index (κ3) is 8.30. The highest BCUT2D eigenvalue weighted by Gasteiger charge is 2.33. The van der Waals surface area contributed by atoms with E-state index >= 15 is 0 Å². The fraction of sp³-hybridized carbons (Fsp3) is 0.226. The lowest BCUT2D eigenvalue weighted by molar-refractivity contribution is -0.0966. The molecule has 0 saturated carbocycles. The number of ether oxygens (including phenoxy) is 2. The zero-order chi connectivity index (χ0) is 28.6. The number of allylic oxidation sites excluding steroid dienone is 2. The van der Waals surface area contributed by atoms with Gasteiger partial charge in [0.25, 0.3) is 0 Å². The van der Waals surface area contributed by atoms with Crippen LogP contribution in [0.5, 0.6) is 17.2 Å². The van der Waals surface area contributed by atoms with Crippen molar-refractivity contribution in [2.24, 2.45) is 11.5 Å². The first-order valence-electron chi connectivity index (χ1n) is 12.3. The van der Waals surface area contributed by atoms with E-state index in [1.807, 2.05) is 12.1 Å². The van der Waals surface area contributed by atoms with Gasteiger partial charge in [-0.15, -0.1) is 0 Å². The Labute approximate surface area is 226 Å². The van der Waals surface area contributed by atoms with Gasteiger partial charge in [-0.25, -0.2) is 4.39 Å². The van der Waals surface area contributed by atoms with Gasteiger partial charge in [-0.3, -0.25) is 0 Å². The van der Waals surface area contributed by atoms with Gasteiger partial charge >= 0.3 is 6.18 Å². The quantitative estimate of drug-likeness (QED) is 0.193. The number of alkyl halides is 4. The highest BCUT2D eigenvalue weighted by atomic mass is 19.4. The van der Waals surface area contributed by atoms with Crippen molar-refractivity contribution in [1.29, 1.82) is 0 Å². The molecule has 39 heavy (non-hydrogen) atoms. The van der Waals surface area contributed by atoms with Gasteiger partial charge in [0.1, 0.15) is 29.5 Å². The summed E-state index contributed by atoms with van der Waals surface area (Å²) in [5.74, 6) is 1.21. The van der Waals surface area contributed by atoms with E-state index < -0.39 is 24.0 Å². The fourth-order valence-electron chi connectivity index (χ4n) is 3.67. The first-order valence-corrected chi connectivity index (χ1v) is 12.3. The van der Waals surface area contributed by atoms with Crippen LogP contribution in [-0.2, 0) is 12.2 Å². The van der Waals surface area contributed by atoms with E-state index in [1.54, 1.807) is 54.6 Å². The summed E-state index contributed by atoms with van der Waals surface area (Å²) in [6.07, 6.45) is -0.910. The molecule has 0 atom stereocenters. The lowest BCUT2D eigenvalue weighted by Crippen LogP contribution is -2.18. The van der Waals surface area contributed by atoms with E-state index in [9.17, 15) is 17.6 Å². The molecular formula is C31H32F4N2O2. The Morgan fingerprint density at radius 2 is 1.44 bits per heavy atom. The molecule has 0 amide bonds. The van der Waals surface area contributed by atoms with E-state index in [4.69, 9.17) is 20.9 Å². The molecule has 4 N–H and O–H groups in total. The molecule has 3 rings (SSSR count). The Balaban J connectivity index is 1.72. The molecule has 0 aliphatic heterocycles. The van der Waals surface area contributed by atoms with E-state index in [2.05, 4.69) is 6.58 Å². The van der Waals surface area contributed by atoms with Gasteiger partial charge in [0.05, 0.1) is 5.57 Å². The van der Waals surface area contributed by atoms with Gasteiger partial charge in [0.15, 0.2) is 0 Å². The molecule has 8 heteroatoms. The molecule has 0 aliphatic rings. The van der Waals surface area contributed by atoms with E-state index in [0.717, 1.165) is 22.8 Å². The molecule has 0 radical (unpaired) electrons. The van der Waals surface area contributed by atoms with E-state index in [0.29, 0.717) is 34.9 Å². The molecule has 0 bridgehead atoms. The number of halogens is 4. The number of benzene rings is 3. The molecule has 0 unspecified atom stereocenters. The largest absolute Gasteiger partial charge is 0.489 e. The summed E-state index contributed by atoms with van der Waals surface area (Å²) in [5, 5.41) is 0. The van der Waals surface area contributed by atoms with Crippen molar-refractivity contribution in [2.75, 3.05) is 13.2 Å². The SMILES string of the molecule is C=C/C(=C\C=C(/COc1ccc(-c2ccc(Oc3cc(CN)ccc3C(C)(C)F)cc2)cc1)C(F)(F)F)CN. The molecule has 3 aromatic rings. The summed E-state index contributed by atoms with van der Waals surface area (Å²) < 4.78 is 66.2. The van der Waals surface area contributed by atoms with Crippen molar-refractivity contribution in [2.45, 2.75) is 32.2 Å². The number of hydrogen-bond acceptors (Lipinski definition) is 4. The van der Waals surface area contributed by atoms with Crippen molar-refractivity contribution in [3.05, 3.63) is 114 Å². The smallest absolute Gasteiger partial charge is 0.415 e. The van der Waals surface area contributed by atoms with Gasteiger partial charge in [0, 0.05) is 18.7 Å². The average molecular weight is 541 g/mol. The summed E-state index contributed by atoms with van der Waals surface area (Å²) in [4.78, 5) is 0. The summed E-state index contributed by atoms with van der Waals surface area (Å²) in [5.41, 5.74) is 12.2. The number of hydrogen-bond donors (Lipinski definition) is 2. The highest BCUT2D eigenvalue weighted by molar-refractivity contribution is 5.65. The third-order valence-corrected chi connectivity index (χ3v) is 5.95. The zero-order valence-corrected chi connectivity index (χ0v) is 21.9. The maximum absolute atomic E-state index is 14.7. The normalized spacial score (nSPS) is 12.8. The molecular weight excluding hydrogens is 508 g/mol. The number of nitrogens with two attached hydrogens (primary N) is 2. The predicted molar refractivity (Wildman–Crippen MR) is 147 cm³/mol. The Morgan fingerprint density at radius 3 is 1.92 bits per heavy atom. The molecule has 4 nitrogen and oxygen atoms in total. The lowest BCUT2D eigenvalue weighted by Gasteiger charge is -2.20. The van der Waals surface area contributed by atoms with Gasteiger partial charge < -0.3 is 20.9 Å². The topological polar surface area (TPSA) is 70.5 Å². The van der Waals surface area contributed by atoms with Gasteiger partial charge in [-0.05, 0) is 66.4 Å². The Bertz CT molecular complexity index is 1320. The van der Waals surface area contributed by atoms with Crippen LogP contribution in [0.2, 0.25) is 0 Å². The third-order valence-electron chi connectivity index (χ3n) is 5.95. The van der Waals surface area contributed by atoms with E-state index in [-0.39, 0.29) is 6.54 Å². The minimum Gasteiger partial charge on any atom is -0.489 e. The second-order valence-electron chi connectivity index (χ2n) is 9.29. The van der Waals surface area contributed by atoms with Crippen LogP contribution in [0.4, 0.5) is 17.6 Å². The number of rotatable bonds is 11. The van der Waals surface area contributed by atoms with Crippen LogP contribution in [0.15, 0.2) is 103 Å². The maximum Gasteiger partial charge on any atom is 0.415 e. The Morgan fingerprint density at radius 1 is 0.846 bits per heavy atom. The Kier molecular flexibility index (Phi) is 9.72. The fourth-order valence-corrected chi connectivity index (χ4v) is 3.67. The monoisotopic (exact) mass is 540 g/mol.